The van der Waals surface area contributed by atoms with Crippen LogP contribution in [0.2, 0.25) is 0 Å². The summed E-state index contributed by atoms with van der Waals surface area (Å²) in [5.41, 5.74) is 0.556. The van der Waals surface area contributed by atoms with Gasteiger partial charge in [0, 0.05) is 19.2 Å². The average Bonchev–Trinajstić information content (AvgIpc) is 2.61. The monoisotopic (exact) mass is 336 g/mol. The number of hydrogen-bond acceptors (Lipinski definition) is 5. The van der Waals surface area contributed by atoms with Crippen LogP contribution in [0.25, 0.3) is 10.9 Å². The Hall–Kier alpha value is -3.48. The van der Waals surface area contributed by atoms with Crippen LogP contribution < -0.4 is 10.4 Å². The molecule has 0 aliphatic heterocycles. The highest BCUT2D eigenvalue weighted by atomic mass is 16.6. The Morgan fingerprint density at radius 2 is 1.92 bits per heavy atom. The summed E-state index contributed by atoms with van der Waals surface area (Å²) in [5, 5.41) is 27.2. The van der Waals surface area contributed by atoms with E-state index < -0.39 is 16.7 Å². The summed E-state index contributed by atoms with van der Waals surface area (Å²) in [6.45, 7) is 1.33. The number of nitro groups is 1. The molecule has 126 valence electrons. The van der Waals surface area contributed by atoms with Gasteiger partial charge in [0.2, 0.25) is 5.91 Å². The number of rotatable bonds is 4. The fourth-order valence-corrected chi connectivity index (χ4v) is 2.78. The summed E-state index contributed by atoms with van der Waals surface area (Å²) < 4.78 is 0. The second kappa shape index (κ2) is 6.56. The number of carbonyl (C=O) groups is 1. The number of nitrogens with zero attached hydrogens (tertiary/aromatic N) is 2. The molecule has 1 amide bonds. The SMILES string of the molecule is CC(=O)N[C@H](c1ccccc1)c1cc([N+](=O)[O-])c2cccnc2c1[O-]. The number of pyridine rings is 1. The van der Waals surface area contributed by atoms with E-state index in [1.807, 2.05) is 0 Å². The van der Waals surface area contributed by atoms with Gasteiger partial charge in [-0.15, -0.1) is 0 Å². The molecule has 3 rings (SSSR count). The van der Waals surface area contributed by atoms with Crippen molar-refractivity contribution in [3.8, 4) is 5.75 Å². The van der Waals surface area contributed by atoms with E-state index in [1.165, 1.54) is 31.3 Å². The van der Waals surface area contributed by atoms with Gasteiger partial charge in [-0.2, -0.15) is 0 Å². The second-order valence-electron chi connectivity index (χ2n) is 5.51. The van der Waals surface area contributed by atoms with Crippen molar-refractivity contribution in [2.24, 2.45) is 0 Å². The van der Waals surface area contributed by atoms with Gasteiger partial charge in [-0.25, -0.2) is 0 Å². The molecule has 25 heavy (non-hydrogen) atoms. The third-order valence-corrected chi connectivity index (χ3v) is 3.84. The van der Waals surface area contributed by atoms with Gasteiger partial charge in [-0.3, -0.25) is 19.9 Å². The van der Waals surface area contributed by atoms with Crippen LogP contribution in [0.3, 0.4) is 0 Å². The highest BCUT2D eigenvalue weighted by Gasteiger charge is 2.22. The van der Waals surface area contributed by atoms with Crippen LogP contribution in [0.4, 0.5) is 5.69 Å². The topological polar surface area (TPSA) is 108 Å². The zero-order chi connectivity index (χ0) is 18.0. The van der Waals surface area contributed by atoms with Crippen LogP contribution >= 0.6 is 0 Å². The Morgan fingerprint density at radius 1 is 1.20 bits per heavy atom. The van der Waals surface area contributed by atoms with Crippen molar-refractivity contribution < 1.29 is 14.8 Å². The predicted molar refractivity (Wildman–Crippen MR) is 89.9 cm³/mol. The van der Waals surface area contributed by atoms with Crippen molar-refractivity contribution in [1.82, 2.24) is 10.3 Å². The molecule has 0 saturated carbocycles. The molecule has 0 saturated heterocycles. The van der Waals surface area contributed by atoms with Crippen LogP contribution in [0, 0.1) is 10.1 Å². The number of carbonyl (C=O) groups excluding carboxylic acids is 1. The summed E-state index contributed by atoms with van der Waals surface area (Å²) in [5.74, 6) is -0.791. The average molecular weight is 336 g/mol. The Labute approximate surface area is 143 Å². The van der Waals surface area contributed by atoms with Gasteiger partial charge in [0.1, 0.15) is 0 Å². The van der Waals surface area contributed by atoms with Gasteiger partial charge in [0.15, 0.2) is 0 Å². The summed E-state index contributed by atoms with van der Waals surface area (Å²) in [7, 11) is 0. The minimum absolute atomic E-state index is 0.0120. The van der Waals surface area contributed by atoms with Crippen molar-refractivity contribution in [1.29, 1.82) is 0 Å². The molecule has 0 radical (unpaired) electrons. The molecule has 0 fully saturated rings. The first-order chi connectivity index (χ1) is 12.0. The molecule has 0 spiro atoms. The number of fused-ring (bicyclic) bond motifs is 1. The van der Waals surface area contributed by atoms with Gasteiger partial charge < -0.3 is 10.4 Å². The lowest BCUT2D eigenvalue weighted by molar-refractivity contribution is -0.383. The van der Waals surface area contributed by atoms with Crippen LogP contribution in [0.15, 0.2) is 54.7 Å². The lowest BCUT2D eigenvalue weighted by Crippen LogP contribution is -2.27. The van der Waals surface area contributed by atoms with Crippen molar-refractivity contribution in [3.05, 3.63) is 76.0 Å². The Morgan fingerprint density at radius 3 is 2.56 bits per heavy atom. The molecular weight excluding hydrogens is 322 g/mol. The van der Waals surface area contributed by atoms with Crippen molar-refractivity contribution >= 4 is 22.5 Å². The highest BCUT2D eigenvalue weighted by Crippen LogP contribution is 2.37. The van der Waals surface area contributed by atoms with E-state index in [0.717, 1.165) is 0 Å². The van der Waals surface area contributed by atoms with E-state index in [2.05, 4.69) is 10.3 Å². The van der Waals surface area contributed by atoms with Crippen molar-refractivity contribution in [2.75, 3.05) is 0 Å². The van der Waals surface area contributed by atoms with Gasteiger partial charge in [0.05, 0.1) is 21.9 Å². The molecule has 0 bridgehead atoms. The third-order valence-electron chi connectivity index (χ3n) is 3.84. The molecule has 1 atom stereocenters. The van der Waals surface area contributed by atoms with Gasteiger partial charge >= 0.3 is 0 Å². The number of nitro benzene ring substituents is 1. The first kappa shape index (κ1) is 16.4. The molecule has 1 N–H and O–H groups in total. The lowest BCUT2D eigenvalue weighted by Gasteiger charge is -2.25. The molecular formula is C18H14N3O4-. The molecule has 7 nitrogen and oxygen atoms in total. The molecule has 0 aliphatic carbocycles. The van der Waals surface area contributed by atoms with Crippen LogP contribution in [-0.2, 0) is 4.79 Å². The van der Waals surface area contributed by atoms with E-state index in [4.69, 9.17) is 0 Å². The number of amides is 1. The quantitative estimate of drug-likeness (QED) is 0.581. The lowest BCUT2D eigenvalue weighted by atomic mass is 9.95. The van der Waals surface area contributed by atoms with E-state index >= 15 is 0 Å². The Bertz CT molecular complexity index is 957. The Kier molecular flexibility index (Phi) is 4.30. The first-order valence-corrected chi connectivity index (χ1v) is 7.54. The summed E-state index contributed by atoms with van der Waals surface area (Å²) in [4.78, 5) is 26.5. The smallest absolute Gasteiger partial charge is 0.279 e. The molecule has 0 unspecified atom stereocenters. The zero-order valence-corrected chi connectivity index (χ0v) is 13.3. The summed E-state index contributed by atoms with van der Waals surface area (Å²) in [6.07, 6.45) is 1.41. The van der Waals surface area contributed by atoms with Gasteiger partial charge in [0.25, 0.3) is 5.69 Å². The molecule has 1 aromatic heterocycles. The van der Waals surface area contributed by atoms with Crippen LogP contribution in [0.1, 0.15) is 24.1 Å². The fourth-order valence-electron chi connectivity index (χ4n) is 2.78. The van der Waals surface area contributed by atoms with Gasteiger partial charge in [-0.05, 0) is 23.3 Å². The number of aromatic nitrogens is 1. The van der Waals surface area contributed by atoms with Crippen molar-refractivity contribution in [3.63, 3.8) is 0 Å². The van der Waals surface area contributed by atoms with E-state index in [9.17, 15) is 20.0 Å². The Balaban J connectivity index is 2.29. The minimum Gasteiger partial charge on any atom is -0.871 e. The molecule has 1 heterocycles. The fraction of sp³-hybridized carbons (Fsp3) is 0.111. The highest BCUT2D eigenvalue weighted by molar-refractivity contribution is 5.93. The van der Waals surface area contributed by atoms with Crippen LogP contribution in [0.5, 0.6) is 5.75 Å². The standard InChI is InChI=1S/C18H15N3O4/c1-11(22)20-16(12-6-3-2-4-7-12)14-10-15(21(24)25)13-8-5-9-19-17(13)18(14)23/h2-10,16,23H,1H3,(H,20,22)/p-1/t16-/m1/s1. The number of non-ortho nitro benzene ring substituents is 1. The second-order valence-corrected chi connectivity index (χ2v) is 5.51. The van der Waals surface area contributed by atoms with E-state index in [-0.39, 0.29) is 28.1 Å². The van der Waals surface area contributed by atoms with Crippen LogP contribution in [-0.4, -0.2) is 15.8 Å². The number of benzene rings is 2. The summed E-state index contributed by atoms with van der Waals surface area (Å²) in [6, 6.07) is 12.3. The summed E-state index contributed by atoms with van der Waals surface area (Å²) >= 11 is 0. The van der Waals surface area contributed by atoms with E-state index in [1.54, 1.807) is 30.3 Å². The first-order valence-electron chi connectivity index (χ1n) is 7.54. The maximum Gasteiger partial charge on any atom is 0.279 e. The zero-order valence-electron chi connectivity index (χ0n) is 13.3. The minimum atomic E-state index is -0.795. The third kappa shape index (κ3) is 3.12. The predicted octanol–water partition coefficient (Wildman–Crippen LogP) is 2.44. The molecule has 7 heteroatoms. The van der Waals surface area contributed by atoms with Gasteiger partial charge in [-0.1, -0.05) is 36.1 Å². The number of hydrogen-bond donors (Lipinski definition) is 1. The number of nitrogens with one attached hydrogen (secondary N) is 1. The molecule has 3 aromatic rings. The largest absolute Gasteiger partial charge is 0.871 e. The van der Waals surface area contributed by atoms with E-state index in [0.29, 0.717) is 5.56 Å². The molecule has 0 aliphatic rings. The normalized spacial score (nSPS) is 11.9. The van der Waals surface area contributed by atoms with Crippen molar-refractivity contribution in [2.45, 2.75) is 13.0 Å². The maximum atomic E-state index is 12.9. The maximum absolute atomic E-state index is 12.9. The molecule has 2 aromatic carbocycles.